The highest BCUT2D eigenvalue weighted by atomic mass is 16.5. The summed E-state index contributed by atoms with van der Waals surface area (Å²) in [5.74, 6) is 3.36. The lowest BCUT2D eigenvalue weighted by Gasteiger charge is -2.12. The normalized spacial score (nSPS) is 10.4. The fraction of sp³-hybridized carbons (Fsp3) is 0.176. The second-order valence-electron chi connectivity index (χ2n) is 4.76. The summed E-state index contributed by atoms with van der Waals surface area (Å²) in [5, 5.41) is 3.80. The Morgan fingerprint density at radius 2 is 1.70 bits per heavy atom. The molecule has 0 aliphatic heterocycles. The van der Waals surface area contributed by atoms with Crippen LogP contribution in [0, 0.1) is 0 Å². The maximum atomic E-state index is 5.94. The first kappa shape index (κ1) is 14.9. The molecule has 2 heterocycles. The van der Waals surface area contributed by atoms with Crippen LogP contribution in [-0.2, 0) is 0 Å². The fourth-order valence-corrected chi connectivity index (χ4v) is 2.25. The van der Waals surface area contributed by atoms with Gasteiger partial charge in [0.2, 0.25) is 0 Å². The molecule has 0 saturated heterocycles. The largest absolute Gasteiger partial charge is 0.493 e. The molecule has 0 amide bonds. The molecule has 23 heavy (non-hydrogen) atoms. The smallest absolute Gasteiger partial charge is 0.162 e. The zero-order valence-electron chi connectivity index (χ0n) is 13.2. The van der Waals surface area contributed by atoms with Gasteiger partial charge in [0.1, 0.15) is 17.3 Å². The quantitative estimate of drug-likeness (QED) is 0.778. The molecular weight excluding hydrogens is 294 g/mol. The van der Waals surface area contributed by atoms with Gasteiger partial charge in [-0.1, -0.05) is 0 Å². The van der Waals surface area contributed by atoms with Crippen LogP contribution in [0.25, 0.3) is 10.9 Å². The number of hydrogen-bond acceptors (Lipinski definition) is 6. The fourth-order valence-electron chi connectivity index (χ4n) is 2.25. The molecule has 0 saturated carbocycles. The van der Waals surface area contributed by atoms with Crippen LogP contribution in [0.15, 0.2) is 42.7 Å². The first-order chi connectivity index (χ1) is 11.2. The molecule has 0 atom stereocenters. The van der Waals surface area contributed by atoms with Crippen molar-refractivity contribution in [2.45, 2.75) is 0 Å². The summed E-state index contributed by atoms with van der Waals surface area (Å²) in [6.07, 6.45) is 3.36. The van der Waals surface area contributed by atoms with Gasteiger partial charge in [-0.2, -0.15) is 0 Å². The monoisotopic (exact) mass is 311 g/mol. The van der Waals surface area contributed by atoms with Crippen LogP contribution in [0.3, 0.4) is 0 Å². The molecule has 3 aromatic rings. The number of benzene rings is 1. The summed E-state index contributed by atoms with van der Waals surface area (Å²) >= 11 is 0. The maximum absolute atomic E-state index is 5.94. The number of anilines is 1. The topological polar surface area (TPSA) is 65.5 Å². The minimum absolute atomic E-state index is 0.626. The van der Waals surface area contributed by atoms with Gasteiger partial charge in [-0.05, 0) is 24.3 Å². The Kier molecular flexibility index (Phi) is 4.14. The zero-order chi connectivity index (χ0) is 16.2. The van der Waals surface area contributed by atoms with Crippen molar-refractivity contribution in [2.24, 2.45) is 0 Å². The number of hydrogen-bond donors (Lipinski definition) is 1. The lowest BCUT2D eigenvalue weighted by atomic mass is 10.2. The van der Waals surface area contributed by atoms with Crippen molar-refractivity contribution < 1.29 is 14.2 Å². The van der Waals surface area contributed by atoms with Gasteiger partial charge in [-0.3, -0.25) is 4.98 Å². The third-order valence-electron chi connectivity index (χ3n) is 3.43. The van der Waals surface area contributed by atoms with Crippen molar-refractivity contribution in [3.8, 4) is 23.0 Å². The third kappa shape index (κ3) is 2.96. The Labute approximate surface area is 134 Å². The Morgan fingerprint density at radius 1 is 0.913 bits per heavy atom. The van der Waals surface area contributed by atoms with Crippen molar-refractivity contribution >= 4 is 16.7 Å². The molecule has 3 rings (SSSR count). The van der Waals surface area contributed by atoms with Crippen molar-refractivity contribution in [1.29, 1.82) is 0 Å². The summed E-state index contributed by atoms with van der Waals surface area (Å²) in [6.45, 7) is 0. The van der Waals surface area contributed by atoms with E-state index in [1.54, 1.807) is 32.7 Å². The van der Waals surface area contributed by atoms with Crippen LogP contribution in [0.4, 0.5) is 5.82 Å². The van der Waals surface area contributed by atoms with E-state index in [2.05, 4.69) is 15.3 Å². The molecule has 0 unspecified atom stereocenters. The third-order valence-corrected chi connectivity index (χ3v) is 3.43. The molecule has 0 aliphatic carbocycles. The minimum Gasteiger partial charge on any atom is -0.493 e. The highest BCUT2D eigenvalue weighted by Crippen LogP contribution is 2.36. The second-order valence-corrected chi connectivity index (χ2v) is 4.76. The number of rotatable bonds is 5. The van der Waals surface area contributed by atoms with E-state index in [4.69, 9.17) is 14.2 Å². The van der Waals surface area contributed by atoms with Crippen LogP contribution < -0.4 is 19.5 Å². The number of nitrogens with one attached hydrogen (secondary N) is 1. The van der Waals surface area contributed by atoms with E-state index in [0.717, 1.165) is 16.7 Å². The standard InChI is InChI=1S/C17H17N3O3/c1-18-17-5-4-11(10-20-17)23-14-6-7-19-13-9-16(22-3)15(21-2)8-12(13)14/h4-10H,1-3H3,(H,18,20). The predicted octanol–water partition coefficient (Wildman–Crippen LogP) is 3.48. The van der Waals surface area contributed by atoms with Crippen molar-refractivity contribution in [1.82, 2.24) is 9.97 Å². The average Bonchev–Trinajstić information content (AvgIpc) is 2.61. The van der Waals surface area contributed by atoms with E-state index in [1.165, 1.54) is 0 Å². The molecule has 6 heteroatoms. The molecule has 6 nitrogen and oxygen atoms in total. The summed E-state index contributed by atoms with van der Waals surface area (Å²) in [7, 11) is 5.01. The first-order valence-corrected chi connectivity index (χ1v) is 7.07. The molecule has 0 bridgehead atoms. The van der Waals surface area contributed by atoms with Crippen molar-refractivity contribution in [2.75, 3.05) is 26.6 Å². The van der Waals surface area contributed by atoms with Crippen molar-refractivity contribution in [3.63, 3.8) is 0 Å². The van der Waals surface area contributed by atoms with Crippen LogP contribution in [0.5, 0.6) is 23.0 Å². The summed E-state index contributed by atoms with van der Waals surface area (Å²) in [6, 6.07) is 9.18. The van der Waals surface area contributed by atoms with Gasteiger partial charge in [0.25, 0.3) is 0 Å². The summed E-state index contributed by atoms with van der Waals surface area (Å²) < 4.78 is 16.6. The molecule has 1 aromatic carbocycles. The van der Waals surface area contributed by atoms with Crippen LogP contribution in [0.1, 0.15) is 0 Å². The highest BCUT2D eigenvalue weighted by Gasteiger charge is 2.11. The number of fused-ring (bicyclic) bond motifs is 1. The molecule has 0 radical (unpaired) electrons. The second kappa shape index (κ2) is 6.39. The highest BCUT2D eigenvalue weighted by molar-refractivity contribution is 5.88. The van der Waals surface area contributed by atoms with E-state index in [-0.39, 0.29) is 0 Å². The number of aromatic nitrogens is 2. The number of nitrogens with zero attached hydrogens (tertiary/aromatic N) is 2. The van der Waals surface area contributed by atoms with Gasteiger partial charge in [0.15, 0.2) is 11.5 Å². The van der Waals surface area contributed by atoms with E-state index in [9.17, 15) is 0 Å². The van der Waals surface area contributed by atoms with Gasteiger partial charge in [0, 0.05) is 24.7 Å². The number of pyridine rings is 2. The summed E-state index contributed by atoms with van der Waals surface area (Å²) in [5.41, 5.74) is 0.764. The average molecular weight is 311 g/mol. The molecule has 0 fully saturated rings. The molecule has 1 N–H and O–H groups in total. The van der Waals surface area contributed by atoms with Gasteiger partial charge in [-0.15, -0.1) is 0 Å². The maximum Gasteiger partial charge on any atom is 0.162 e. The zero-order valence-corrected chi connectivity index (χ0v) is 13.2. The van der Waals surface area contributed by atoms with E-state index in [1.807, 2.05) is 31.3 Å². The summed E-state index contributed by atoms with van der Waals surface area (Å²) in [4.78, 5) is 8.59. The van der Waals surface area contributed by atoms with Crippen LogP contribution in [0.2, 0.25) is 0 Å². The molecule has 118 valence electrons. The Bertz CT molecular complexity index is 819. The lowest BCUT2D eigenvalue weighted by Crippen LogP contribution is -1.94. The van der Waals surface area contributed by atoms with Gasteiger partial charge >= 0.3 is 0 Å². The van der Waals surface area contributed by atoms with Gasteiger partial charge in [-0.25, -0.2) is 4.98 Å². The van der Waals surface area contributed by atoms with E-state index in [0.29, 0.717) is 23.0 Å². The SMILES string of the molecule is CNc1ccc(Oc2ccnc3cc(OC)c(OC)cc23)cn1. The Morgan fingerprint density at radius 3 is 2.35 bits per heavy atom. The van der Waals surface area contributed by atoms with E-state index < -0.39 is 0 Å². The van der Waals surface area contributed by atoms with Crippen LogP contribution in [-0.4, -0.2) is 31.2 Å². The first-order valence-electron chi connectivity index (χ1n) is 7.07. The minimum atomic E-state index is 0.626. The molecule has 0 aliphatic rings. The number of ether oxygens (including phenoxy) is 3. The van der Waals surface area contributed by atoms with Crippen molar-refractivity contribution in [3.05, 3.63) is 42.7 Å². The van der Waals surface area contributed by atoms with Crippen LogP contribution >= 0.6 is 0 Å². The molecule has 0 spiro atoms. The van der Waals surface area contributed by atoms with Gasteiger partial charge in [0.05, 0.1) is 25.9 Å². The predicted molar refractivity (Wildman–Crippen MR) is 88.7 cm³/mol. The van der Waals surface area contributed by atoms with Gasteiger partial charge < -0.3 is 19.5 Å². The van der Waals surface area contributed by atoms with E-state index >= 15 is 0 Å². The lowest BCUT2D eigenvalue weighted by molar-refractivity contribution is 0.355. The Hall–Kier alpha value is -3.02. The molecular formula is C17H17N3O3. The Balaban J connectivity index is 2.02. The molecule has 2 aromatic heterocycles. The number of methoxy groups -OCH3 is 2.